The zero-order valence-electron chi connectivity index (χ0n) is 58.1. The molecule has 0 radical (unpaired) electrons. The van der Waals surface area contributed by atoms with E-state index in [4.69, 9.17) is 9.05 Å². The lowest BCUT2D eigenvalue weighted by molar-refractivity contribution is -0.870. The molecule has 508 valence electrons. The second kappa shape index (κ2) is 68.5. The molecule has 0 spiro atoms. The Labute approximate surface area is 550 Å². The average molecular weight is 1250 g/mol. The number of likely N-dealkylation sites (N-methyl/N-ethyl adjacent to an activating group) is 1. The van der Waals surface area contributed by atoms with Crippen LogP contribution in [-0.2, 0) is 18.4 Å². The fourth-order valence-electron chi connectivity index (χ4n) is 9.87. The fraction of sp³-hybridized carbons (Fsp3) is 0.662. The van der Waals surface area contributed by atoms with Gasteiger partial charge in [-0.25, -0.2) is 4.57 Å². The molecule has 0 aliphatic rings. The molecule has 0 aliphatic heterocycles. The first-order chi connectivity index (χ1) is 43.5. The Hall–Kier alpha value is -3.88. The second-order valence-electron chi connectivity index (χ2n) is 25.2. The molecule has 3 atom stereocenters. The summed E-state index contributed by atoms with van der Waals surface area (Å²) < 4.78 is 23.8. The highest BCUT2D eigenvalue weighted by atomic mass is 31.2. The van der Waals surface area contributed by atoms with Crippen LogP contribution >= 0.6 is 7.82 Å². The molecule has 0 saturated carbocycles. The average Bonchev–Trinajstić information content (AvgIpc) is 3.55. The van der Waals surface area contributed by atoms with Crippen molar-refractivity contribution in [1.29, 1.82) is 0 Å². The van der Waals surface area contributed by atoms with Crippen molar-refractivity contribution >= 4 is 13.7 Å². The smallest absolute Gasteiger partial charge is 0.387 e. The number of aliphatic hydroxyl groups is 1. The molecular formula is C80H138N2O6P+. The van der Waals surface area contributed by atoms with Crippen molar-refractivity contribution in [1.82, 2.24) is 5.32 Å². The summed E-state index contributed by atoms with van der Waals surface area (Å²) in [7, 11) is 1.52. The number of phosphoric ester groups is 1. The van der Waals surface area contributed by atoms with Crippen molar-refractivity contribution in [2.75, 3.05) is 40.9 Å². The van der Waals surface area contributed by atoms with E-state index in [9.17, 15) is 19.4 Å². The van der Waals surface area contributed by atoms with Crippen molar-refractivity contribution in [2.24, 2.45) is 0 Å². The minimum atomic E-state index is -4.38. The zero-order valence-corrected chi connectivity index (χ0v) is 59.0. The lowest BCUT2D eigenvalue weighted by Gasteiger charge is -2.25. The number of carbonyl (C=O) groups is 1. The standard InChI is InChI=1S/C80H137N2O6P/c1-6-8-10-12-14-16-18-20-22-24-26-28-30-32-34-36-37-38-39-40-41-42-43-44-45-46-48-50-52-54-56-58-60-62-64-66-68-70-72-74-80(84)81-78(77-88-89(85,86)87-76-75-82(3,4)5)79(83)73-71-69-67-65-63-61-59-57-55-53-51-49-47-35-33-31-29-27-25-23-21-19-17-15-13-11-9-7-2/h8,10,14,16,20,22,26,28,32,34,37-38,40-41,43-44,46,48,52,54-55,57,63,65,71,73,78-79,83H,6-7,9,11-13,15,17-19,21,23-25,27,29-31,33,35-36,39,42,45,47,49-51,53,56,58-62,64,66-70,72,74-77H2,1-5H3,(H-,81,84,85,86)/p+1/b10-8-,16-14-,22-20-,28-26-,34-32-,38-37-,41-40-,44-43-,48-46-,54-52-,57-55+,65-63+,73-71+. The maximum atomic E-state index is 13.1. The van der Waals surface area contributed by atoms with Gasteiger partial charge in [0.1, 0.15) is 13.2 Å². The molecule has 0 fully saturated rings. The van der Waals surface area contributed by atoms with E-state index >= 15 is 0 Å². The molecule has 0 aromatic rings. The molecule has 8 nitrogen and oxygen atoms in total. The molecule has 0 aliphatic carbocycles. The molecule has 1 amide bonds. The third kappa shape index (κ3) is 71.4. The third-order valence-corrected chi connectivity index (χ3v) is 16.4. The molecular weight excluding hydrogens is 1120 g/mol. The van der Waals surface area contributed by atoms with Gasteiger partial charge in [-0.3, -0.25) is 13.8 Å². The fourth-order valence-corrected chi connectivity index (χ4v) is 10.6. The minimum Gasteiger partial charge on any atom is -0.387 e. The Morgan fingerprint density at radius 1 is 0.393 bits per heavy atom. The summed E-state index contributed by atoms with van der Waals surface area (Å²) in [4.78, 5) is 23.4. The van der Waals surface area contributed by atoms with Crippen LogP contribution in [0, 0.1) is 0 Å². The van der Waals surface area contributed by atoms with E-state index in [0.29, 0.717) is 17.4 Å². The lowest BCUT2D eigenvalue weighted by Crippen LogP contribution is -2.45. The normalized spacial score (nSPS) is 14.6. The number of hydrogen-bond acceptors (Lipinski definition) is 5. The van der Waals surface area contributed by atoms with Crippen LogP contribution in [0.1, 0.15) is 290 Å². The van der Waals surface area contributed by atoms with Crippen LogP contribution < -0.4 is 5.32 Å². The van der Waals surface area contributed by atoms with E-state index in [-0.39, 0.29) is 19.1 Å². The van der Waals surface area contributed by atoms with Gasteiger partial charge < -0.3 is 19.8 Å². The van der Waals surface area contributed by atoms with Crippen molar-refractivity contribution < 1.29 is 32.9 Å². The predicted octanol–water partition coefficient (Wildman–Crippen LogP) is 23.7. The minimum absolute atomic E-state index is 0.0440. The van der Waals surface area contributed by atoms with Gasteiger partial charge in [-0.1, -0.05) is 320 Å². The molecule has 89 heavy (non-hydrogen) atoms. The number of allylic oxidation sites excluding steroid dienone is 25. The van der Waals surface area contributed by atoms with Gasteiger partial charge in [0, 0.05) is 6.42 Å². The maximum absolute atomic E-state index is 13.1. The van der Waals surface area contributed by atoms with Crippen molar-refractivity contribution in [3.05, 3.63) is 158 Å². The highest BCUT2D eigenvalue weighted by Crippen LogP contribution is 2.43. The van der Waals surface area contributed by atoms with E-state index in [1.807, 2.05) is 27.2 Å². The maximum Gasteiger partial charge on any atom is 0.472 e. The first-order valence-electron chi connectivity index (χ1n) is 36.4. The Bertz CT molecular complexity index is 2010. The van der Waals surface area contributed by atoms with Gasteiger partial charge in [-0.05, 0) is 122 Å². The van der Waals surface area contributed by atoms with Crippen molar-refractivity contribution in [3.8, 4) is 0 Å². The monoisotopic (exact) mass is 1250 g/mol. The number of nitrogens with zero attached hydrogens (tertiary/aromatic N) is 1. The SMILES string of the molecule is CC/C=C\C/C=C\C/C=C\C/C=C\C/C=C\C/C=C\C/C=C\C/C=C\C/C=C\C/C=C\CCCCCCCCCCC(=O)NC(COP(=O)(O)OCC[N+](C)(C)C)C(O)/C=C/CC/C=C/CC/C=C/CCCCCCCCCCCCCCCCCCCC. The summed E-state index contributed by atoms with van der Waals surface area (Å²) in [6.07, 6.45) is 107. The van der Waals surface area contributed by atoms with Crippen LogP contribution in [0.3, 0.4) is 0 Å². The molecule has 0 aromatic heterocycles. The number of nitrogens with one attached hydrogen (secondary N) is 1. The summed E-state index contributed by atoms with van der Waals surface area (Å²) in [5, 5.41) is 14.0. The van der Waals surface area contributed by atoms with Crippen LogP contribution in [0.5, 0.6) is 0 Å². The van der Waals surface area contributed by atoms with Crippen LogP contribution in [0.25, 0.3) is 0 Å². The quantitative estimate of drug-likeness (QED) is 0.0243. The summed E-state index contributed by atoms with van der Waals surface area (Å²) in [5.41, 5.74) is 0. The molecule has 0 bridgehead atoms. The summed E-state index contributed by atoms with van der Waals surface area (Å²) >= 11 is 0. The van der Waals surface area contributed by atoms with Crippen LogP contribution in [0.2, 0.25) is 0 Å². The van der Waals surface area contributed by atoms with Gasteiger partial charge >= 0.3 is 7.82 Å². The molecule has 0 heterocycles. The third-order valence-electron chi connectivity index (χ3n) is 15.5. The second-order valence-corrected chi connectivity index (χ2v) is 26.7. The Balaban J connectivity index is 4.20. The lowest BCUT2D eigenvalue weighted by atomic mass is 10.0. The van der Waals surface area contributed by atoms with E-state index in [1.54, 1.807) is 6.08 Å². The molecule has 9 heteroatoms. The molecule has 3 N–H and O–H groups in total. The first-order valence-corrected chi connectivity index (χ1v) is 37.9. The zero-order chi connectivity index (χ0) is 64.8. The Kier molecular flexibility index (Phi) is 65.5. The Morgan fingerprint density at radius 2 is 0.685 bits per heavy atom. The highest BCUT2D eigenvalue weighted by molar-refractivity contribution is 7.47. The molecule has 0 saturated heterocycles. The van der Waals surface area contributed by atoms with Crippen LogP contribution in [0.15, 0.2) is 158 Å². The van der Waals surface area contributed by atoms with Gasteiger partial charge in [-0.2, -0.15) is 0 Å². The van der Waals surface area contributed by atoms with Crippen molar-refractivity contribution in [2.45, 2.75) is 302 Å². The number of amides is 1. The topological polar surface area (TPSA) is 105 Å². The summed E-state index contributed by atoms with van der Waals surface area (Å²) in [6, 6.07) is -0.888. The van der Waals surface area contributed by atoms with E-state index in [1.165, 1.54) is 148 Å². The number of unbranched alkanes of at least 4 members (excludes halogenated alkanes) is 28. The Morgan fingerprint density at radius 3 is 1.03 bits per heavy atom. The number of rotatable bonds is 65. The van der Waals surface area contributed by atoms with E-state index in [2.05, 4.69) is 165 Å². The van der Waals surface area contributed by atoms with Crippen LogP contribution in [0.4, 0.5) is 0 Å². The number of carbonyl (C=O) groups excluding carboxylic acids is 1. The number of quaternary nitrogens is 1. The molecule has 0 aromatic carbocycles. The predicted molar refractivity (Wildman–Crippen MR) is 391 cm³/mol. The van der Waals surface area contributed by atoms with E-state index < -0.39 is 20.0 Å². The number of hydrogen-bond donors (Lipinski definition) is 3. The van der Waals surface area contributed by atoms with Gasteiger partial charge in [0.05, 0.1) is 39.9 Å². The first kappa shape index (κ1) is 85.1. The largest absolute Gasteiger partial charge is 0.472 e. The summed E-state index contributed by atoms with van der Waals surface area (Å²) in [5.74, 6) is -0.204. The number of aliphatic hydroxyl groups excluding tert-OH is 1. The van der Waals surface area contributed by atoms with Crippen molar-refractivity contribution in [3.63, 3.8) is 0 Å². The highest BCUT2D eigenvalue weighted by Gasteiger charge is 2.28. The van der Waals surface area contributed by atoms with Crippen LogP contribution in [-0.4, -0.2) is 73.4 Å². The van der Waals surface area contributed by atoms with Gasteiger partial charge in [0.25, 0.3) is 0 Å². The molecule has 3 unspecified atom stereocenters. The molecule has 0 rings (SSSR count). The van der Waals surface area contributed by atoms with Gasteiger partial charge in [-0.15, -0.1) is 0 Å². The summed E-state index contributed by atoms with van der Waals surface area (Å²) in [6.45, 7) is 4.67. The van der Waals surface area contributed by atoms with Gasteiger partial charge in [0.15, 0.2) is 0 Å². The van der Waals surface area contributed by atoms with Gasteiger partial charge in [0.2, 0.25) is 5.91 Å². The van der Waals surface area contributed by atoms with E-state index in [0.717, 1.165) is 122 Å². The number of phosphoric acid groups is 1.